The number of nitrogens with zero attached hydrogens (tertiary/aromatic N) is 4. The van der Waals surface area contributed by atoms with Gasteiger partial charge in [-0.1, -0.05) is 0 Å². The van der Waals surface area contributed by atoms with Crippen molar-refractivity contribution < 1.29 is 9.53 Å². The molecule has 2 aromatic rings. The van der Waals surface area contributed by atoms with Crippen LogP contribution in [0, 0.1) is 6.92 Å². The average Bonchev–Trinajstić information content (AvgIpc) is 3.09. The third-order valence-corrected chi connectivity index (χ3v) is 3.84. The predicted octanol–water partition coefficient (Wildman–Crippen LogP) is 1.60. The maximum atomic E-state index is 11.9. The Morgan fingerprint density at radius 1 is 1.57 bits per heavy atom. The highest BCUT2D eigenvalue weighted by Gasteiger charge is 2.30. The number of rotatable bonds is 3. The molecule has 1 N–H and O–H groups in total. The Kier molecular flexibility index (Phi) is 3.40. The molecule has 3 heterocycles. The van der Waals surface area contributed by atoms with Crippen molar-refractivity contribution in [3.8, 4) is 0 Å². The van der Waals surface area contributed by atoms with Crippen molar-refractivity contribution in [2.75, 3.05) is 19.0 Å². The second-order valence-electron chi connectivity index (χ2n) is 5.11. The number of methoxy groups -OCH3 is 1. The van der Waals surface area contributed by atoms with Gasteiger partial charge in [-0.3, -0.25) is 4.68 Å². The van der Waals surface area contributed by atoms with Crippen molar-refractivity contribution in [1.29, 1.82) is 0 Å². The Hall–Kier alpha value is -2.31. The Balaban J connectivity index is 2.04. The quantitative estimate of drug-likeness (QED) is 0.869. The van der Waals surface area contributed by atoms with Crippen LogP contribution >= 0.6 is 0 Å². The zero-order valence-electron chi connectivity index (χ0n) is 12.5. The zero-order valence-corrected chi connectivity index (χ0v) is 12.5. The van der Waals surface area contributed by atoms with E-state index in [0.29, 0.717) is 11.3 Å². The summed E-state index contributed by atoms with van der Waals surface area (Å²) >= 11 is 0. The summed E-state index contributed by atoms with van der Waals surface area (Å²) in [6.45, 7) is 5.50. The highest BCUT2D eigenvalue weighted by atomic mass is 16.5. The van der Waals surface area contributed by atoms with Crippen LogP contribution in [0.3, 0.4) is 0 Å². The molecular formula is C14H19N5O2. The number of nitrogens with one attached hydrogen (secondary N) is 1. The normalized spacial score (nSPS) is 17.2. The van der Waals surface area contributed by atoms with Gasteiger partial charge in [-0.05, 0) is 20.3 Å². The number of fused-ring (bicyclic) bond motifs is 1. The minimum Gasteiger partial charge on any atom is -0.465 e. The highest BCUT2D eigenvalue weighted by molar-refractivity contribution is 5.96. The second-order valence-corrected chi connectivity index (χ2v) is 5.11. The van der Waals surface area contributed by atoms with Gasteiger partial charge in [0.05, 0.1) is 25.0 Å². The number of esters is 1. The summed E-state index contributed by atoms with van der Waals surface area (Å²) in [5.41, 5.74) is 2.31. The van der Waals surface area contributed by atoms with E-state index < -0.39 is 0 Å². The summed E-state index contributed by atoms with van der Waals surface area (Å²) in [5, 5.41) is 12.1. The number of carbonyl (C=O) groups is 1. The fourth-order valence-electron chi connectivity index (χ4n) is 2.77. The lowest BCUT2D eigenvalue weighted by Crippen LogP contribution is -2.25. The van der Waals surface area contributed by atoms with Gasteiger partial charge in [-0.25, -0.2) is 9.48 Å². The summed E-state index contributed by atoms with van der Waals surface area (Å²) < 4.78 is 8.63. The van der Waals surface area contributed by atoms with E-state index in [1.165, 1.54) is 7.11 Å². The Morgan fingerprint density at radius 2 is 2.38 bits per heavy atom. The van der Waals surface area contributed by atoms with Crippen LogP contribution in [-0.2, 0) is 11.3 Å². The van der Waals surface area contributed by atoms with Crippen molar-refractivity contribution in [1.82, 2.24) is 19.6 Å². The molecule has 0 bridgehead atoms. The molecule has 7 nitrogen and oxygen atoms in total. The monoisotopic (exact) mass is 289 g/mol. The van der Waals surface area contributed by atoms with Crippen LogP contribution in [0.4, 0.5) is 5.82 Å². The number of hydrogen-bond donors (Lipinski definition) is 1. The molecule has 0 radical (unpaired) electrons. The number of ether oxygens (including phenoxy) is 1. The van der Waals surface area contributed by atoms with E-state index in [0.717, 1.165) is 30.9 Å². The highest BCUT2D eigenvalue weighted by Crippen LogP contribution is 2.33. The number of aryl methyl sites for hydroxylation is 2. The van der Waals surface area contributed by atoms with Crippen molar-refractivity contribution in [2.45, 2.75) is 32.9 Å². The summed E-state index contributed by atoms with van der Waals surface area (Å²) in [7, 11) is 1.39. The van der Waals surface area contributed by atoms with Crippen LogP contribution in [0.25, 0.3) is 0 Å². The summed E-state index contributed by atoms with van der Waals surface area (Å²) in [5.74, 6) is 0.381. The van der Waals surface area contributed by atoms with Crippen LogP contribution in [0.5, 0.6) is 0 Å². The third kappa shape index (κ3) is 2.18. The molecule has 2 aromatic heterocycles. The minimum absolute atomic E-state index is 0.0960. The van der Waals surface area contributed by atoms with Crippen molar-refractivity contribution in [3.05, 3.63) is 29.2 Å². The van der Waals surface area contributed by atoms with Gasteiger partial charge in [0.1, 0.15) is 11.4 Å². The molecule has 1 aliphatic heterocycles. The molecule has 0 spiro atoms. The molecule has 21 heavy (non-hydrogen) atoms. The first-order valence-corrected chi connectivity index (χ1v) is 7.09. The Morgan fingerprint density at radius 3 is 3.05 bits per heavy atom. The largest absolute Gasteiger partial charge is 0.465 e. The third-order valence-electron chi connectivity index (χ3n) is 3.84. The van der Waals surface area contributed by atoms with E-state index in [2.05, 4.69) is 22.4 Å². The lowest BCUT2D eigenvalue weighted by molar-refractivity contribution is 0.0601. The zero-order chi connectivity index (χ0) is 15.0. The van der Waals surface area contributed by atoms with Gasteiger partial charge in [0.2, 0.25) is 0 Å². The van der Waals surface area contributed by atoms with Crippen LogP contribution in [-0.4, -0.2) is 39.2 Å². The number of carbonyl (C=O) groups excluding carboxylic acids is 1. The smallest absolute Gasteiger partial charge is 0.343 e. The molecule has 0 aliphatic carbocycles. The van der Waals surface area contributed by atoms with Gasteiger partial charge < -0.3 is 10.1 Å². The number of hydrogen-bond acceptors (Lipinski definition) is 5. The molecule has 0 saturated heterocycles. The standard InChI is InChI=1S/C14H19N5O2/c1-4-18-8-10(7-16-18)11-5-6-15-13-12(14(20)21-3)9(2)17-19(11)13/h7-8,11,15H,4-6H2,1-3H3. The second kappa shape index (κ2) is 5.23. The van der Waals surface area contributed by atoms with E-state index in [9.17, 15) is 4.79 Å². The molecule has 7 heteroatoms. The molecule has 112 valence electrons. The van der Waals surface area contributed by atoms with Crippen LogP contribution in [0.15, 0.2) is 12.4 Å². The minimum atomic E-state index is -0.355. The lowest BCUT2D eigenvalue weighted by atomic mass is 10.1. The maximum Gasteiger partial charge on any atom is 0.343 e. The fraction of sp³-hybridized carbons (Fsp3) is 0.500. The van der Waals surface area contributed by atoms with E-state index in [4.69, 9.17) is 4.74 Å². The van der Waals surface area contributed by atoms with E-state index in [1.807, 2.05) is 28.7 Å². The Bertz CT molecular complexity index is 673. The van der Waals surface area contributed by atoms with E-state index in [-0.39, 0.29) is 12.0 Å². The SMILES string of the molecule is CCn1cc(C2CCNc3c(C(=O)OC)c(C)nn32)cn1. The first kappa shape index (κ1) is 13.7. The molecule has 0 fully saturated rings. The van der Waals surface area contributed by atoms with Crippen LogP contribution in [0.1, 0.15) is 41.0 Å². The van der Waals surface area contributed by atoms with Crippen LogP contribution in [0.2, 0.25) is 0 Å². The van der Waals surface area contributed by atoms with Crippen molar-refractivity contribution >= 4 is 11.8 Å². The molecule has 1 unspecified atom stereocenters. The van der Waals surface area contributed by atoms with Gasteiger partial charge in [0.25, 0.3) is 0 Å². The first-order valence-electron chi connectivity index (χ1n) is 7.09. The molecule has 0 saturated carbocycles. The molecule has 0 aromatic carbocycles. The van der Waals surface area contributed by atoms with E-state index >= 15 is 0 Å². The summed E-state index contributed by atoms with van der Waals surface area (Å²) in [4.78, 5) is 11.9. The summed E-state index contributed by atoms with van der Waals surface area (Å²) in [6.07, 6.45) is 4.82. The first-order chi connectivity index (χ1) is 10.2. The number of aromatic nitrogens is 4. The predicted molar refractivity (Wildman–Crippen MR) is 77.5 cm³/mol. The topological polar surface area (TPSA) is 74.0 Å². The molecular weight excluding hydrogens is 270 g/mol. The van der Waals surface area contributed by atoms with Crippen molar-refractivity contribution in [2.24, 2.45) is 0 Å². The maximum absolute atomic E-state index is 11.9. The van der Waals surface area contributed by atoms with Gasteiger partial charge in [-0.2, -0.15) is 10.2 Å². The molecule has 1 aliphatic rings. The molecule has 3 rings (SSSR count). The van der Waals surface area contributed by atoms with Crippen LogP contribution < -0.4 is 5.32 Å². The lowest BCUT2D eigenvalue weighted by Gasteiger charge is -2.25. The van der Waals surface area contributed by atoms with Gasteiger partial charge in [-0.15, -0.1) is 0 Å². The fourth-order valence-corrected chi connectivity index (χ4v) is 2.77. The van der Waals surface area contributed by atoms with E-state index in [1.54, 1.807) is 0 Å². The molecule has 1 atom stereocenters. The number of anilines is 1. The average molecular weight is 289 g/mol. The van der Waals surface area contributed by atoms with Gasteiger partial charge in [0.15, 0.2) is 0 Å². The summed E-state index contributed by atoms with van der Waals surface area (Å²) in [6, 6.07) is 0.0960. The van der Waals surface area contributed by atoms with Gasteiger partial charge >= 0.3 is 5.97 Å². The molecule has 0 amide bonds. The Labute approximate surface area is 122 Å². The van der Waals surface area contributed by atoms with Gasteiger partial charge in [0, 0.05) is 24.8 Å². The van der Waals surface area contributed by atoms with Crippen molar-refractivity contribution in [3.63, 3.8) is 0 Å².